The van der Waals surface area contributed by atoms with Gasteiger partial charge in [0.2, 0.25) is 0 Å². The average molecular weight is 337 g/mol. The van der Waals surface area contributed by atoms with Crippen LogP contribution in [-0.4, -0.2) is 24.7 Å². The number of alkyl halides is 3. The highest BCUT2D eigenvalue weighted by Crippen LogP contribution is 2.14. The second-order valence-corrected chi connectivity index (χ2v) is 4.82. The number of carbonyl (C=O) groups is 2. The molecule has 126 valence electrons. The van der Waals surface area contributed by atoms with Crippen LogP contribution in [0.1, 0.15) is 10.4 Å². The Morgan fingerprint density at radius 2 is 1.42 bits per heavy atom. The predicted molar refractivity (Wildman–Crippen MR) is 83.9 cm³/mol. The van der Waals surface area contributed by atoms with Crippen molar-refractivity contribution in [3.05, 3.63) is 60.2 Å². The lowest BCUT2D eigenvalue weighted by Gasteiger charge is -2.10. The van der Waals surface area contributed by atoms with E-state index in [4.69, 9.17) is 0 Å². The number of para-hydroxylation sites is 1. The molecule has 8 heteroatoms. The molecule has 5 nitrogen and oxygen atoms in total. The molecule has 0 fully saturated rings. The van der Waals surface area contributed by atoms with E-state index >= 15 is 0 Å². The largest absolute Gasteiger partial charge is 0.405 e. The second kappa shape index (κ2) is 7.49. The number of nitrogens with one attached hydrogen (secondary N) is 3. The summed E-state index contributed by atoms with van der Waals surface area (Å²) in [5, 5.41) is 6.63. The summed E-state index contributed by atoms with van der Waals surface area (Å²) in [5.41, 5.74) is 1.25. The van der Waals surface area contributed by atoms with Crippen LogP contribution in [-0.2, 0) is 0 Å². The fraction of sp³-hybridized carbons (Fsp3) is 0.125. The number of hydrogen-bond donors (Lipinski definition) is 3. The number of amides is 3. The summed E-state index contributed by atoms with van der Waals surface area (Å²) in [7, 11) is 0. The summed E-state index contributed by atoms with van der Waals surface area (Å²) in [4.78, 5) is 23.3. The Balaban J connectivity index is 1.90. The molecule has 3 N–H and O–H groups in total. The van der Waals surface area contributed by atoms with Crippen LogP contribution in [0.25, 0.3) is 0 Å². The monoisotopic (exact) mass is 337 g/mol. The Morgan fingerprint density at radius 1 is 0.833 bits per heavy atom. The van der Waals surface area contributed by atoms with Gasteiger partial charge in [0.15, 0.2) is 0 Å². The Labute approximate surface area is 135 Å². The predicted octanol–water partition coefficient (Wildman–Crippen LogP) is 3.62. The van der Waals surface area contributed by atoms with Crippen molar-refractivity contribution in [2.75, 3.05) is 17.2 Å². The topological polar surface area (TPSA) is 70.2 Å². The first kappa shape index (κ1) is 17.3. The van der Waals surface area contributed by atoms with Gasteiger partial charge in [0.25, 0.3) is 5.91 Å². The van der Waals surface area contributed by atoms with Crippen molar-refractivity contribution in [1.29, 1.82) is 0 Å². The quantitative estimate of drug-likeness (QED) is 0.797. The van der Waals surface area contributed by atoms with Crippen LogP contribution in [0.15, 0.2) is 54.6 Å². The fourth-order valence-corrected chi connectivity index (χ4v) is 1.79. The molecule has 2 aromatic rings. The third kappa shape index (κ3) is 5.64. The third-order valence-corrected chi connectivity index (χ3v) is 2.89. The van der Waals surface area contributed by atoms with Crippen LogP contribution in [0.2, 0.25) is 0 Å². The van der Waals surface area contributed by atoms with Crippen molar-refractivity contribution in [2.24, 2.45) is 0 Å². The molecule has 0 saturated carbocycles. The second-order valence-electron chi connectivity index (χ2n) is 4.82. The Hall–Kier alpha value is -3.03. The van der Waals surface area contributed by atoms with Gasteiger partial charge in [-0.05, 0) is 36.4 Å². The summed E-state index contributed by atoms with van der Waals surface area (Å²) in [6, 6.07) is 13.6. The van der Waals surface area contributed by atoms with Crippen molar-refractivity contribution < 1.29 is 22.8 Å². The van der Waals surface area contributed by atoms with Gasteiger partial charge in [0.1, 0.15) is 6.54 Å². The van der Waals surface area contributed by atoms with Crippen molar-refractivity contribution >= 4 is 23.3 Å². The minimum absolute atomic E-state index is 0.269. The Bertz CT molecular complexity index is 701. The van der Waals surface area contributed by atoms with Gasteiger partial charge >= 0.3 is 12.2 Å². The molecule has 0 aliphatic carbocycles. The number of carbonyl (C=O) groups excluding carboxylic acids is 2. The molecule has 2 aromatic carbocycles. The summed E-state index contributed by atoms with van der Waals surface area (Å²) in [5.74, 6) is -0.339. The van der Waals surface area contributed by atoms with E-state index in [1.807, 2.05) is 6.07 Å². The molecule has 0 saturated heterocycles. The fourth-order valence-electron chi connectivity index (χ4n) is 1.79. The number of rotatable bonds is 4. The first-order chi connectivity index (χ1) is 11.3. The Morgan fingerprint density at radius 3 is 2.00 bits per heavy atom. The van der Waals surface area contributed by atoms with Crippen LogP contribution in [0, 0.1) is 0 Å². The summed E-state index contributed by atoms with van der Waals surface area (Å²) in [6.07, 6.45) is -4.48. The van der Waals surface area contributed by atoms with E-state index in [1.165, 1.54) is 24.3 Å². The minimum Gasteiger partial charge on any atom is -0.329 e. The maximum atomic E-state index is 12.0. The first-order valence-corrected chi connectivity index (χ1v) is 6.91. The van der Waals surface area contributed by atoms with Crippen LogP contribution in [0.4, 0.5) is 29.3 Å². The smallest absolute Gasteiger partial charge is 0.329 e. The zero-order valence-electron chi connectivity index (χ0n) is 12.4. The lowest BCUT2D eigenvalue weighted by atomic mass is 10.2. The van der Waals surface area contributed by atoms with E-state index in [2.05, 4.69) is 10.6 Å². The average Bonchev–Trinajstić information content (AvgIpc) is 2.54. The molecule has 0 heterocycles. The van der Waals surface area contributed by atoms with E-state index in [-0.39, 0.29) is 11.6 Å². The van der Waals surface area contributed by atoms with Crippen LogP contribution in [0.5, 0.6) is 0 Å². The van der Waals surface area contributed by atoms with Crippen LogP contribution in [0.3, 0.4) is 0 Å². The summed E-state index contributed by atoms with van der Waals surface area (Å²) in [6.45, 7) is -1.42. The van der Waals surface area contributed by atoms with Crippen LogP contribution < -0.4 is 16.0 Å². The molecule has 0 bridgehead atoms. The van der Waals surface area contributed by atoms with Crippen molar-refractivity contribution in [2.45, 2.75) is 6.18 Å². The maximum absolute atomic E-state index is 12.0. The lowest BCUT2D eigenvalue weighted by Crippen LogP contribution is -2.36. The molecule has 0 unspecified atom stereocenters. The number of urea groups is 1. The summed E-state index contributed by atoms with van der Waals surface area (Å²) < 4.78 is 36.0. The lowest BCUT2D eigenvalue weighted by molar-refractivity contribution is -0.122. The highest BCUT2D eigenvalue weighted by molar-refractivity contribution is 6.04. The molecule has 0 aliphatic heterocycles. The number of anilines is 2. The molecule has 2 rings (SSSR count). The van der Waals surface area contributed by atoms with Gasteiger partial charge in [-0.3, -0.25) is 4.79 Å². The number of benzene rings is 2. The molecular weight excluding hydrogens is 323 g/mol. The van der Waals surface area contributed by atoms with Gasteiger partial charge < -0.3 is 16.0 Å². The molecule has 0 spiro atoms. The molecule has 24 heavy (non-hydrogen) atoms. The normalized spacial score (nSPS) is 10.8. The van der Waals surface area contributed by atoms with Crippen molar-refractivity contribution in [3.63, 3.8) is 0 Å². The number of hydrogen-bond acceptors (Lipinski definition) is 2. The van der Waals surface area contributed by atoms with E-state index in [0.717, 1.165) is 0 Å². The van der Waals surface area contributed by atoms with Gasteiger partial charge in [-0.1, -0.05) is 18.2 Å². The summed E-state index contributed by atoms with van der Waals surface area (Å²) >= 11 is 0. The molecule has 0 aliphatic rings. The highest BCUT2D eigenvalue weighted by atomic mass is 19.4. The van der Waals surface area contributed by atoms with E-state index in [0.29, 0.717) is 11.3 Å². The zero-order valence-corrected chi connectivity index (χ0v) is 12.4. The van der Waals surface area contributed by atoms with E-state index < -0.39 is 18.8 Å². The van der Waals surface area contributed by atoms with Gasteiger partial charge in [0.05, 0.1) is 0 Å². The highest BCUT2D eigenvalue weighted by Gasteiger charge is 2.27. The maximum Gasteiger partial charge on any atom is 0.405 e. The molecule has 3 amide bonds. The zero-order chi connectivity index (χ0) is 17.6. The molecule has 0 radical (unpaired) electrons. The van der Waals surface area contributed by atoms with Crippen molar-refractivity contribution in [1.82, 2.24) is 5.32 Å². The van der Waals surface area contributed by atoms with E-state index in [1.54, 1.807) is 29.6 Å². The third-order valence-electron chi connectivity index (χ3n) is 2.89. The van der Waals surface area contributed by atoms with E-state index in [9.17, 15) is 22.8 Å². The standard InChI is InChI=1S/C16H14F3N3O2/c17-16(18,19)10-20-15(24)22-13-8-6-11(7-9-13)14(23)21-12-4-2-1-3-5-12/h1-9H,10H2,(H,21,23)(H2,20,22,24). The molecule has 0 atom stereocenters. The van der Waals surface area contributed by atoms with Gasteiger partial charge in [0, 0.05) is 16.9 Å². The SMILES string of the molecule is O=C(NCC(F)(F)F)Nc1ccc(C(=O)Nc2ccccc2)cc1. The number of halogens is 3. The van der Waals surface area contributed by atoms with Crippen molar-refractivity contribution in [3.8, 4) is 0 Å². The van der Waals surface area contributed by atoms with Crippen LogP contribution >= 0.6 is 0 Å². The van der Waals surface area contributed by atoms with Gasteiger partial charge in [-0.2, -0.15) is 13.2 Å². The Kier molecular flexibility index (Phi) is 5.41. The minimum atomic E-state index is -4.48. The molecular formula is C16H14F3N3O2. The van der Waals surface area contributed by atoms with Gasteiger partial charge in [-0.25, -0.2) is 4.79 Å². The first-order valence-electron chi connectivity index (χ1n) is 6.91. The molecule has 0 aromatic heterocycles. The van der Waals surface area contributed by atoms with Gasteiger partial charge in [-0.15, -0.1) is 0 Å².